The standard InChI is InChI=1S/C23H26ClFN6O/c24-18-5-3-17(4-6-18)22(23-26-27-28-31(23)16-21-2-1-15-32-21)30-13-11-29(12-14-30)20-9-7-19(25)8-10-20/h3-10,21-22H,1-2,11-16H2/t21-,22+/m0/s1. The van der Waals surface area contributed by atoms with Crippen molar-refractivity contribution in [2.45, 2.75) is 31.5 Å². The van der Waals surface area contributed by atoms with Gasteiger partial charge in [-0.05, 0) is 65.2 Å². The molecule has 5 rings (SSSR count). The normalized spacial score (nSPS) is 20.6. The van der Waals surface area contributed by atoms with E-state index in [9.17, 15) is 4.39 Å². The van der Waals surface area contributed by atoms with Crippen molar-refractivity contribution in [2.75, 3.05) is 37.7 Å². The van der Waals surface area contributed by atoms with E-state index < -0.39 is 0 Å². The minimum absolute atomic E-state index is 0.0842. The zero-order valence-corrected chi connectivity index (χ0v) is 18.5. The summed E-state index contributed by atoms with van der Waals surface area (Å²) in [5.74, 6) is 0.603. The number of hydrogen-bond acceptors (Lipinski definition) is 6. The molecule has 0 N–H and O–H groups in total. The Morgan fingerprint density at radius 1 is 1.03 bits per heavy atom. The number of aromatic nitrogens is 4. The molecule has 3 heterocycles. The van der Waals surface area contributed by atoms with Crippen LogP contribution in [0.5, 0.6) is 0 Å². The van der Waals surface area contributed by atoms with Crippen LogP contribution in [-0.4, -0.2) is 64.0 Å². The van der Waals surface area contributed by atoms with E-state index in [2.05, 4.69) is 25.3 Å². The molecule has 2 aliphatic rings. The van der Waals surface area contributed by atoms with Crippen molar-refractivity contribution in [3.05, 3.63) is 70.8 Å². The van der Waals surface area contributed by atoms with Crippen molar-refractivity contribution in [3.8, 4) is 0 Å². The van der Waals surface area contributed by atoms with Gasteiger partial charge in [0.15, 0.2) is 5.82 Å². The van der Waals surface area contributed by atoms with Crippen LogP contribution in [0.15, 0.2) is 48.5 Å². The molecule has 0 bridgehead atoms. The summed E-state index contributed by atoms with van der Waals surface area (Å²) in [5, 5.41) is 13.4. The Hall–Kier alpha value is -2.55. The zero-order valence-electron chi connectivity index (χ0n) is 17.8. The largest absolute Gasteiger partial charge is 0.376 e. The van der Waals surface area contributed by atoms with Crippen LogP contribution in [0, 0.1) is 5.82 Å². The number of anilines is 1. The lowest BCUT2D eigenvalue weighted by molar-refractivity contribution is 0.0906. The van der Waals surface area contributed by atoms with Gasteiger partial charge in [0.1, 0.15) is 5.82 Å². The molecule has 1 aromatic heterocycles. The number of benzene rings is 2. The van der Waals surface area contributed by atoms with Gasteiger partial charge in [0, 0.05) is 43.5 Å². The zero-order chi connectivity index (χ0) is 21.9. The second-order valence-electron chi connectivity index (χ2n) is 8.31. The lowest BCUT2D eigenvalue weighted by Crippen LogP contribution is -2.48. The van der Waals surface area contributed by atoms with Gasteiger partial charge >= 0.3 is 0 Å². The second-order valence-corrected chi connectivity index (χ2v) is 8.74. The summed E-state index contributed by atoms with van der Waals surface area (Å²) in [4.78, 5) is 4.69. The molecule has 0 radical (unpaired) electrons. The van der Waals surface area contributed by atoms with Crippen molar-refractivity contribution in [2.24, 2.45) is 0 Å². The van der Waals surface area contributed by atoms with E-state index in [-0.39, 0.29) is 18.0 Å². The van der Waals surface area contributed by atoms with Crippen molar-refractivity contribution in [3.63, 3.8) is 0 Å². The molecule has 3 aromatic rings. The molecule has 0 unspecified atom stereocenters. The molecule has 168 valence electrons. The first-order valence-corrected chi connectivity index (χ1v) is 11.4. The Balaban J connectivity index is 1.38. The average molecular weight is 457 g/mol. The molecule has 7 nitrogen and oxygen atoms in total. The molecule has 0 saturated carbocycles. The summed E-state index contributed by atoms with van der Waals surface area (Å²) in [6.07, 6.45) is 2.26. The van der Waals surface area contributed by atoms with Gasteiger partial charge in [-0.15, -0.1) is 5.10 Å². The maximum absolute atomic E-state index is 13.3. The topological polar surface area (TPSA) is 59.3 Å². The predicted molar refractivity (Wildman–Crippen MR) is 120 cm³/mol. The molecule has 2 fully saturated rings. The molecule has 0 aliphatic carbocycles. The maximum Gasteiger partial charge on any atom is 0.173 e. The van der Waals surface area contributed by atoms with Crippen LogP contribution in [0.25, 0.3) is 0 Å². The molecular formula is C23H26ClFN6O. The SMILES string of the molecule is Fc1ccc(N2CCN([C@H](c3ccc(Cl)cc3)c3nnnn3C[C@@H]3CCCO3)CC2)cc1. The molecular weight excluding hydrogens is 431 g/mol. The predicted octanol–water partition coefficient (Wildman–Crippen LogP) is 3.56. The molecule has 2 saturated heterocycles. The third kappa shape index (κ3) is 4.62. The van der Waals surface area contributed by atoms with Gasteiger partial charge in [-0.25, -0.2) is 9.07 Å². The molecule has 0 amide bonds. The van der Waals surface area contributed by atoms with Crippen LogP contribution in [0.2, 0.25) is 5.02 Å². The van der Waals surface area contributed by atoms with Crippen molar-refractivity contribution < 1.29 is 9.13 Å². The quantitative estimate of drug-likeness (QED) is 0.565. The molecule has 2 aromatic carbocycles. The van der Waals surface area contributed by atoms with Crippen LogP contribution in [0.1, 0.15) is 30.3 Å². The molecule has 9 heteroatoms. The Morgan fingerprint density at radius 2 is 1.78 bits per heavy atom. The summed E-state index contributed by atoms with van der Waals surface area (Å²) in [7, 11) is 0. The number of halogens is 2. The van der Waals surface area contributed by atoms with Crippen LogP contribution >= 0.6 is 11.6 Å². The molecule has 32 heavy (non-hydrogen) atoms. The summed E-state index contributed by atoms with van der Waals surface area (Å²) in [6, 6.07) is 14.5. The number of piperazine rings is 1. The fraction of sp³-hybridized carbons (Fsp3) is 0.435. The molecule has 2 atom stereocenters. The van der Waals surface area contributed by atoms with Crippen LogP contribution < -0.4 is 4.90 Å². The Kier molecular flexibility index (Phi) is 6.34. The van der Waals surface area contributed by atoms with E-state index in [1.54, 1.807) is 0 Å². The lowest BCUT2D eigenvalue weighted by Gasteiger charge is -2.40. The summed E-state index contributed by atoms with van der Waals surface area (Å²) < 4.78 is 21.0. The molecule has 0 spiro atoms. The van der Waals surface area contributed by atoms with Crippen molar-refractivity contribution in [1.82, 2.24) is 25.1 Å². The van der Waals surface area contributed by atoms with Gasteiger partial charge < -0.3 is 9.64 Å². The number of nitrogens with zero attached hydrogens (tertiary/aromatic N) is 6. The second kappa shape index (κ2) is 9.52. The highest BCUT2D eigenvalue weighted by Gasteiger charge is 2.31. The van der Waals surface area contributed by atoms with Crippen LogP contribution in [0.4, 0.5) is 10.1 Å². The summed E-state index contributed by atoms with van der Waals surface area (Å²) >= 11 is 6.16. The summed E-state index contributed by atoms with van der Waals surface area (Å²) in [5.41, 5.74) is 2.14. The van der Waals surface area contributed by atoms with Gasteiger partial charge in [0.25, 0.3) is 0 Å². The third-order valence-electron chi connectivity index (χ3n) is 6.26. The van der Waals surface area contributed by atoms with E-state index >= 15 is 0 Å². The van der Waals surface area contributed by atoms with E-state index in [0.717, 1.165) is 62.7 Å². The monoisotopic (exact) mass is 456 g/mol. The highest BCUT2D eigenvalue weighted by molar-refractivity contribution is 6.30. The first-order valence-electron chi connectivity index (χ1n) is 11.0. The van der Waals surface area contributed by atoms with E-state index in [1.807, 2.05) is 41.1 Å². The first kappa shape index (κ1) is 21.3. The highest BCUT2D eigenvalue weighted by atomic mass is 35.5. The minimum atomic E-state index is -0.215. The van der Waals surface area contributed by atoms with Gasteiger partial charge in [0.05, 0.1) is 18.7 Å². The average Bonchev–Trinajstić information content (AvgIpc) is 3.49. The number of hydrogen-bond donors (Lipinski definition) is 0. The lowest BCUT2D eigenvalue weighted by atomic mass is 10.0. The van der Waals surface area contributed by atoms with Crippen LogP contribution in [-0.2, 0) is 11.3 Å². The highest BCUT2D eigenvalue weighted by Crippen LogP contribution is 2.30. The minimum Gasteiger partial charge on any atom is -0.376 e. The maximum atomic E-state index is 13.3. The summed E-state index contributed by atoms with van der Waals surface area (Å²) in [6.45, 7) is 4.79. The Labute approximate surface area is 191 Å². The van der Waals surface area contributed by atoms with E-state index in [4.69, 9.17) is 16.3 Å². The fourth-order valence-corrected chi connectivity index (χ4v) is 4.70. The fourth-order valence-electron chi connectivity index (χ4n) is 4.58. The van der Waals surface area contributed by atoms with Gasteiger partial charge in [-0.3, -0.25) is 4.90 Å². The van der Waals surface area contributed by atoms with Crippen LogP contribution in [0.3, 0.4) is 0 Å². The number of tetrazole rings is 1. The number of rotatable bonds is 6. The molecule has 2 aliphatic heterocycles. The smallest absolute Gasteiger partial charge is 0.173 e. The van der Waals surface area contributed by atoms with Crippen molar-refractivity contribution in [1.29, 1.82) is 0 Å². The van der Waals surface area contributed by atoms with E-state index in [0.29, 0.717) is 11.6 Å². The Morgan fingerprint density at radius 3 is 2.47 bits per heavy atom. The van der Waals surface area contributed by atoms with Gasteiger partial charge in [-0.2, -0.15) is 0 Å². The van der Waals surface area contributed by atoms with E-state index in [1.165, 1.54) is 12.1 Å². The van der Waals surface area contributed by atoms with Crippen molar-refractivity contribution >= 4 is 17.3 Å². The number of ether oxygens (including phenoxy) is 1. The Bertz CT molecular complexity index is 1010. The van der Waals surface area contributed by atoms with Gasteiger partial charge in [-0.1, -0.05) is 23.7 Å². The third-order valence-corrected chi connectivity index (χ3v) is 6.51. The first-order chi connectivity index (χ1) is 15.7. The van der Waals surface area contributed by atoms with Gasteiger partial charge in [0.2, 0.25) is 0 Å².